The lowest BCUT2D eigenvalue weighted by Gasteiger charge is -2.54. The Kier molecular flexibility index (Phi) is 6.53. The summed E-state index contributed by atoms with van der Waals surface area (Å²) in [6.07, 6.45) is 0.929. The molecular weight excluding hydrogens is 348 g/mol. The molecule has 0 aromatic carbocycles. The minimum absolute atomic E-state index is 0.0851. The van der Waals surface area contributed by atoms with Gasteiger partial charge in [0.25, 0.3) is 0 Å². The van der Waals surface area contributed by atoms with E-state index in [1.807, 2.05) is 26.8 Å². The van der Waals surface area contributed by atoms with Gasteiger partial charge in [0.1, 0.15) is 6.10 Å². The number of rotatable bonds is 5. The summed E-state index contributed by atoms with van der Waals surface area (Å²) in [5.74, 6) is -2.44. The van der Waals surface area contributed by atoms with Gasteiger partial charge in [-0.05, 0) is 26.2 Å². The number of carbonyl (C=O) groups excluding carboxylic acids is 2. The smallest absolute Gasteiger partial charge is 0.333 e. The summed E-state index contributed by atoms with van der Waals surface area (Å²) in [4.78, 5) is 24.6. The fourth-order valence-electron chi connectivity index (χ4n) is 4.58. The van der Waals surface area contributed by atoms with Gasteiger partial charge in [-0.25, -0.2) is 4.79 Å². The molecule has 2 N–H and O–H groups in total. The van der Waals surface area contributed by atoms with Gasteiger partial charge in [-0.1, -0.05) is 39.0 Å². The van der Waals surface area contributed by atoms with Crippen molar-refractivity contribution < 1.29 is 29.3 Å². The van der Waals surface area contributed by atoms with Gasteiger partial charge in [-0.15, -0.1) is 0 Å². The molecule has 6 nitrogen and oxygen atoms in total. The normalized spacial score (nSPS) is 36.9. The average molecular weight is 380 g/mol. The van der Waals surface area contributed by atoms with Crippen molar-refractivity contribution in [3.63, 3.8) is 0 Å². The summed E-state index contributed by atoms with van der Waals surface area (Å²) in [5.41, 5.74) is 0.387. The monoisotopic (exact) mass is 380 g/mol. The fraction of sp³-hybridized carbons (Fsp3) is 0.714. The van der Waals surface area contributed by atoms with Gasteiger partial charge >= 0.3 is 11.9 Å². The second-order valence-corrected chi connectivity index (χ2v) is 8.21. The molecule has 6 heteroatoms. The Morgan fingerprint density at radius 3 is 2.59 bits per heavy atom. The highest BCUT2D eigenvalue weighted by Crippen LogP contribution is 2.54. The second-order valence-electron chi connectivity index (χ2n) is 8.21. The third-order valence-electron chi connectivity index (χ3n) is 6.51. The zero-order chi connectivity index (χ0) is 20.5. The van der Waals surface area contributed by atoms with E-state index in [2.05, 4.69) is 6.58 Å². The van der Waals surface area contributed by atoms with Crippen molar-refractivity contribution in [1.82, 2.24) is 0 Å². The Morgan fingerprint density at radius 1 is 1.41 bits per heavy atom. The van der Waals surface area contributed by atoms with E-state index >= 15 is 0 Å². The minimum atomic E-state index is -1.02. The molecule has 0 aromatic heterocycles. The zero-order valence-electron chi connectivity index (χ0n) is 16.9. The highest BCUT2D eigenvalue weighted by molar-refractivity contribution is 5.88. The van der Waals surface area contributed by atoms with Crippen LogP contribution >= 0.6 is 0 Å². The average Bonchev–Trinajstić information content (AvgIpc) is 2.62. The number of esters is 2. The Morgan fingerprint density at radius 2 is 2.04 bits per heavy atom. The molecule has 1 saturated carbocycles. The second kappa shape index (κ2) is 8.15. The van der Waals surface area contributed by atoms with E-state index in [0.717, 1.165) is 5.57 Å². The largest absolute Gasteiger partial charge is 0.466 e. The molecule has 0 unspecified atom stereocenters. The molecule has 0 amide bonds. The van der Waals surface area contributed by atoms with Crippen LogP contribution in [-0.4, -0.2) is 47.6 Å². The molecule has 0 aromatic rings. The SMILES string of the molecule is C=C(C(=O)OC)[C@H]1[C@H](O)[C@H]2C(C)=CC[C@H](O)[C@]2(C)C[C@@H]1OC(=O)[C@H](C)CC. The Labute approximate surface area is 161 Å². The van der Waals surface area contributed by atoms with Crippen molar-refractivity contribution in [2.75, 3.05) is 7.11 Å². The summed E-state index contributed by atoms with van der Waals surface area (Å²) in [6, 6.07) is 0. The number of fused-ring (bicyclic) bond motifs is 1. The van der Waals surface area contributed by atoms with Crippen LogP contribution in [0.15, 0.2) is 23.8 Å². The molecule has 27 heavy (non-hydrogen) atoms. The van der Waals surface area contributed by atoms with E-state index in [0.29, 0.717) is 19.3 Å². The van der Waals surface area contributed by atoms with Crippen LogP contribution in [0.25, 0.3) is 0 Å². The molecule has 2 aliphatic carbocycles. The number of carbonyl (C=O) groups is 2. The van der Waals surface area contributed by atoms with Crippen LogP contribution in [0.5, 0.6) is 0 Å². The summed E-state index contributed by atoms with van der Waals surface area (Å²) >= 11 is 0. The molecule has 0 spiro atoms. The number of aliphatic hydroxyl groups is 2. The summed E-state index contributed by atoms with van der Waals surface area (Å²) < 4.78 is 10.5. The highest BCUT2D eigenvalue weighted by Gasteiger charge is 2.57. The third-order valence-corrected chi connectivity index (χ3v) is 6.51. The third kappa shape index (κ3) is 3.83. The first-order chi connectivity index (χ1) is 12.6. The van der Waals surface area contributed by atoms with Gasteiger partial charge in [0.15, 0.2) is 0 Å². The number of ether oxygens (including phenoxy) is 2. The van der Waals surface area contributed by atoms with Crippen molar-refractivity contribution in [1.29, 1.82) is 0 Å². The number of hydrogen-bond donors (Lipinski definition) is 2. The summed E-state index contributed by atoms with van der Waals surface area (Å²) in [6.45, 7) is 11.3. The predicted molar refractivity (Wildman–Crippen MR) is 101 cm³/mol. The number of methoxy groups -OCH3 is 1. The molecule has 7 atom stereocenters. The van der Waals surface area contributed by atoms with E-state index < -0.39 is 35.6 Å². The molecule has 0 radical (unpaired) electrons. The fourth-order valence-corrected chi connectivity index (χ4v) is 4.58. The summed E-state index contributed by atoms with van der Waals surface area (Å²) in [7, 11) is 1.25. The van der Waals surface area contributed by atoms with E-state index in [-0.39, 0.29) is 23.4 Å². The van der Waals surface area contributed by atoms with E-state index in [4.69, 9.17) is 9.47 Å². The van der Waals surface area contributed by atoms with Crippen molar-refractivity contribution in [2.45, 2.75) is 65.3 Å². The van der Waals surface area contributed by atoms with Crippen molar-refractivity contribution >= 4 is 11.9 Å². The molecule has 2 aliphatic rings. The highest BCUT2D eigenvalue weighted by atomic mass is 16.5. The number of aliphatic hydroxyl groups excluding tert-OH is 2. The standard InChI is InChI=1S/C21H32O6/c1-7-11(2)19(24)27-14-10-21(5)15(22)9-8-12(3)17(21)18(23)16(14)13(4)20(25)26-6/h8,11,14-18,22-23H,4,7,9-10H2,1-3,5-6H3/t11-,14+,15+,16-,17-,18+,21+/m1/s1. The lowest BCUT2D eigenvalue weighted by Crippen LogP contribution is -2.59. The van der Waals surface area contributed by atoms with Gasteiger partial charge < -0.3 is 19.7 Å². The van der Waals surface area contributed by atoms with Gasteiger partial charge in [-0.2, -0.15) is 0 Å². The van der Waals surface area contributed by atoms with E-state index in [1.165, 1.54) is 7.11 Å². The molecule has 0 bridgehead atoms. The van der Waals surface area contributed by atoms with E-state index in [1.54, 1.807) is 6.92 Å². The van der Waals surface area contributed by atoms with Crippen molar-refractivity contribution in [3.05, 3.63) is 23.8 Å². The van der Waals surface area contributed by atoms with Crippen LogP contribution < -0.4 is 0 Å². The Balaban J connectivity index is 2.44. The first-order valence-electron chi connectivity index (χ1n) is 9.58. The lowest BCUT2D eigenvalue weighted by molar-refractivity contribution is -0.181. The van der Waals surface area contributed by atoms with Crippen LogP contribution in [0.4, 0.5) is 0 Å². The van der Waals surface area contributed by atoms with Crippen LogP contribution in [0, 0.1) is 23.2 Å². The molecular formula is C21H32O6. The van der Waals surface area contributed by atoms with Gasteiger partial charge in [0.05, 0.1) is 31.2 Å². The Bertz CT molecular complexity index is 639. The zero-order valence-corrected chi connectivity index (χ0v) is 16.9. The Hall–Kier alpha value is -1.66. The van der Waals surface area contributed by atoms with Crippen LogP contribution in [0.2, 0.25) is 0 Å². The maximum atomic E-state index is 12.4. The van der Waals surface area contributed by atoms with Gasteiger partial charge in [-0.3, -0.25) is 4.79 Å². The first-order valence-corrected chi connectivity index (χ1v) is 9.58. The summed E-state index contributed by atoms with van der Waals surface area (Å²) in [5, 5.41) is 21.9. The minimum Gasteiger partial charge on any atom is -0.466 e. The topological polar surface area (TPSA) is 93.1 Å². The predicted octanol–water partition coefficient (Wildman–Crippen LogP) is 2.39. The molecule has 0 saturated heterocycles. The maximum absolute atomic E-state index is 12.4. The van der Waals surface area contributed by atoms with Gasteiger partial charge in [0, 0.05) is 16.9 Å². The van der Waals surface area contributed by atoms with E-state index in [9.17, 15) is 19.8 Å². The molecule has 0 aliphatic heterocycles. The van der Waals surface area contributed by atoms with Crippen LogP contribution in [0.3, 0.4) is 0 Å². The first kappa shape index (κ1) is 21.6. The maximum Gasteiger partial charge on any atom is 0.333 e. The van der Waals surface area contributed by atoms with Crippen molar-refractivity contribution in [2.24, 2.45) is 23.2 Å². The molecule has 1 fully saturated rings. The molecule has 0 heterocycles. The quantitative estimate of drug-likeness (QED) is 0.432. The van der Waals surface area contributed by atoms with Crippen molar-refractivity contribution in [3.8, 4) is 0 Å². The van der Waals surface area contributed by atoms with Crippen LogP contribution in [-0.2, 0) is 19.1 Å². The van der Waals surface area contributed by atoms with Gasteiger partial charge in [0.2, 0.25) is 0 Å². The lowest BCUT2D eigenvalue weighted by atomic mass is 9.54. The van der Waals surface area contributed by atoms with Crippen LogP contribution in [0.1, 0.15) is 47.0 Å². The molecule has 152 valence electrons. The molecule has 2 rings (SSSR count). The number of hydrogen-bond acceptors (Lipinski definition) is 6.